The highest BCUT2D eigenvalue weighted by Gasteiger charge is 2.32. The third-order valence-corrected chi connectivity index (χ3v) is 3.88. The minimum Gasteiger partial charge on any atom is -0.462 e. The van der Waals surface area contributed by atoms with Crippen LogP contribution in [0, 0.1) is 29.8 Å². The number of carbonyl (C=O) groups excluding carboxylic acids is 1. The van der Waals surface area contributed by atoms with Crippen LogP contribution in [-0.4, -0.2) is 17.1 Å². The Morgan fingerprint density at radius 1 is 1.33 bits per heavy atom. The number of esters is 1. The highest BCUT2D eigenvalue weighted by molar-refractivity contribution is 5.96. The maximum atomic E-state index is 14.3. The summed E-state index contributed by atoms with van der Waals surface area (Å²) in [5.74, 6) is -3.90. The van der Waals surface area contributed by atoms with Crippen molar-refractivity contribution in [3.63, 3.8) is 0 Å². The number of halogens is 3. The van der Waals surface area contributed by atoms with Crippen molar-refractivity contribution in [2.45, 2.75) is 25.8 Å². The molecule has 1 saturated carbocycles. The normalized spacial score (nSPS) is 13.8. The highest BCUT2D eigenvalue weighted by Crippen LogP contribution is 2.38. The van der Waals surface area contributed by atoms with E-state index in [0.29, 0.717) is 12.8 Å². The molecular weight excluding hydrogens is 323 g/mol. The number of nitrogens with zero attached hydrogens (tertiary/aromatic N) is 1. The first-order valence-electron chi connectivity index (χ1n) is 7.31. The molecule has 0 saturated heterocycles. The lowest BCUT2D eigenvalue weighted by Crippen LogP contribution is -2.23. The molecule has 1 heterocycles. The fourth-order valence-corrected chi connectivity index (χ4v) is 2.64. The van der Waals surface area contributed by atoms with E-state index in [4.69, 9.17) is 11.2 Å². The van der Waals surface area contributed by atoms with Crippen molar-refractivity contribution >= 4 is 16.9 Å². The number of fused-ring (bicyclic) bond motifs is 1. The molecule has 1 aliphatic rings. The van der Waals surface area contributed by atoms with E-state index in [1.807, 2.05) is 5.92 Å². The summed E-state index contributed by atoms with van der Waals surface area (Å²) in [6, 6.07) is -0.216. The fourth-order valence-electron chi connectivity index (χ4n) is 2.64. The zero-order valence-electron chi connectivity index (χ0n) is 12.7. The van der Waals surface area contributed by atoms with Crippen LogP contribution in [0.4, 0.5) is 13.2 Å². The van der Waals surface area contributed by atoms with E-state index < -0.39 is 50.9 Å². The number of hydrogen-bond donors (Lipinski definition) is 0. The van der Waals surface area contributed by atoms with Gasteiger partial charge in [0.05, 0.1) is 23.1 Å². The van der Waals surface area contributed by atoms with Crippen LogP contribution in [0.5, 0.6) is 0 Å². The Hall–Kier alpha value is -2.75. The van der Waals surface area contributed by atoms with Gasteiger partial charge in [0, 0.05) is 12.2 Å². The topological polar surface area (TPSA) is 48.3 Å². The summed E-state index contributed by atoms with van der Waals surface area (Å²) in [5.41, 5.74) is -2.50. The number of pyridine rings is 1. The van der Waals surface area contributed by atoms with Crippen molar-refractivity contribution in [1.29, 1.82) is 0 Å². The molecule has 0 unspecified atom stereocenters. The third-order valence-electron chi connectivity index (χ3n) is 3.88. The predicted molar refractivity (Wildman–Crippen MR) is 80.2 cm³/mol. The SMILES string of the molecule is C#Cc1c(F)c(F)c(F)c2c1c(=O)c(C(=O)OCC)cn2C1CC1. The maximum Gasteiger partial charge on any atom is 0.343 e. The van der Waals surface area contributed by atoms with E-state index in [-0.39, 0.29) is 12.6 Å². The molecular formula is C17H12F3NO3. The zero-order valence-corrected chi connectivity index (χ0v) is 12.7. The second-order valence-corrected chi connectivity index (χ2v) is 5.42. The quantitative estimate of drug-likeness (QED) is 0.492. The molecule has 1 aromatic heterocycles. The van der Waals surface area contributed by atoms with Gasteiger partial charge in [-0.15, -0.1) is 6.42 Å². The highest BCUT2D eigenvalue weighted by atomic mass is 19.2. The minimum absolute atomic E-state index is 0.0217. The monoisotopic (exact) mass is 335 g/mol. The van der Waals surface area contributed by atoms with Crippen LogP contribution < -0.4 is 5.43 Å². The first kappa shape index (κ1) is 16.1. The Bertz CT molecular complexity index is 968. The first-order valence-corrected chi connectivity index (χ1v) is 7.31. The van der Waals surface area contributed by atoms with Crippen LogP contribution in [-0.2, 0) is 4.74 Å². The summed E-state index contributed by atoms with van der Waals surface area (Å²) >= 11 is 0. The maximum absolute atomic E-state index is 14.3. The molecule has 0 amide bonds. The van der Waals surface area contributed by atoms with E-state index in [9.17, 15) is 22.8 Å². The number of ether oxygens (including phenoxy) is 1. The number of benzene rings is 1. The molecule has 0 N–H and O–H groups in total. The molecule has 0 spiro atoms. The van der Waals surface area contributed by atoms with Gasteiger partial charge in [0.2, 0.25) is 5.43 Å². The molecule has 1 aromatic carbocycles. The van der Waals surface area contributed by atoms with E-state index in [0.717, 1.165) is 6.20 Å². The largest absolute Gasteiger partial charge is 0.462 e. The van der Waals surface area contributed by atoms with Crippen molar-refractivity contribution in [2.75, 3.05) is 6.61 Å². The van der Waals surface area contributed by atoms with Crippen LogP contribution >= 0.6 is 0 Å². The van der Waals surface area contributed by atoms with Crippen molar-refractivity contribution in [3.8, 4) is 12.3 Å². The summed E-state index contributed by atoms with van der Waals surface area (Å²) < 4.78 is 48.2. The van der Waals surface area contributed by atoms with Crippen molar-refractivity contribution in [1.82, 2.24) is 4.57 Å². The van der Waals surface area contributed by atoms with E-state index in [1.165, 1.54) is 4.57 Å². The summed E-state index contributed by atoms with van der Waals surface area (Å²) in [6.07, 6.45) is 7.63. The van der Waals surface area contributed by atoms with Crippen LogP contribution in [0.2, 0.25) is 0 Å². The summed E-state index contributed by atoms with van der Waals surface area (Å²) in [7, 11) is 0. The van der Waals surface area contributed by atoms with Gasteiger partial charge in [-0.3, -0.25) is 4.79 Å². The average molecular weight is 335 g/mol. The van der Waals surface area contributed by atoms with Gasteiger partial charge in [-0.1, -0.05) is 5.92 Å². The molecule has 1 fully saturated rings. The molecule has 0 radical (unpaired) electrons. The smallest absolute Gasteiger partial charge is 0.343 e. The average Bonchev–Trinajstić information content (AvgIpc) is 3.39. The molecule has 4 nitrogen and oxygen atoms in total. The van der Waals surface area contributed by atoms with E-state index in [1.54, 1.807) is 6.92 Å². The van der Waals surface area contributed by atoms with Gasteiger partial charge in [-0.05, 0) is 19.8 Å². The number of carbonyl (C=O) groups is 1. The van der Waals surface area contributed by atoms with Crippen LogP contribution in [0.3, 0.4) is 0 Å². The van der Waals surface area contributed by atoms with Gasteiger partial charge < -0.3 is 9.30 Å². The molecule has 0 atom stereocenters. The van der Waals surface area contributed by atoms with Crippen LogP contribution in [0.1, 0.15) is 41.7 Å². The van der Waals surface area contributed by atoms with Gasteiger partial charge >= 0.3 is 5.97 Å². The Morgan fingerprint density at radius 2 is 2.00 bits per heavy atom. The molecule has 124 valence electrons. The second-order valence-electron chi connectivity index (χ2n) is 5.42. The lowest BCUT2D eigenvalue weighted by molar-refractivity contribution is 0.0524. The molecule has 2 aromatic rings. The van der Waals surface area contributed by atoms with E-state index in [2.05, 4.69) is 0 Å². The lowest BCUT2D eigenvalue weighted by atomic mass is 10.0. The fraction of sp³-hybridized carbons (Fsp3) is 0.294. The number of rotatable bonds is 3. The predicted octanol–water partition coefficient (Wildman–Crippen LogP) is 2.91. The standard InChI is InChI=1S/C17H12F3NO3/c1-3-9-11-15(14(20)13(19)12(9)18)21(8-5-6-8)7-10(16(11)22)17(23)24-4-2/h1,7-8H,4-6H2,2H3. The lowest BCUT2D eigenvalue weighted by Gasteiger charge is -2.15. The Morgan fingerprint density at radius 3 is 2.54 bits per heavy atom. The Kier molecular flexibility index (Phi) is 3.84. The first-order chi connectivity index (χ1) is 11.4. The Labute approximate surface area is 134 Å². The van der Waals surface area contributed by atoms with Gasteiger partial charge in [-0.2, -0.15) is 0 Å². The Balaban J connectivity index is 2.51. The second kappa shape index (κ2) is 5.71. The van der Waals surface area contributed by atoms with Crippen molar-refractivity contribution < 1.29 is 22.7 Å². The molecule has 1 aliphatic carbocycles. The zero-order chi connectivity index (χ0) is 17.6. The van der Waals surface area contributed by atoms with Gasteiger partial charge in [0.25, 0.3) is 0 Å². The summed E-state index contributed by atoms with van der Waals surface area (Å²) in [4.78, 5) is 24.6. The molecule has 0 aliphatic heterocycles. The summed E-state index contributed by atoms with van der Waals surface area (Å²) in [6.45, 7) is 1.58. The minimum atomic E-state index is -1.74. The van der Waals surface area contributed by atoms with Crippen LogP contribution in [0.25, 0.3) is 10.9 Å². The molecule has 24 heavy (non-hydrogen) atoms. The van der Waals surface area contributed by atoms with Crippen molar-refractivity contribution in [3.05, 3.63) is 45.0 Å². The molecule has 0 bridgehead atoms. The third kappa shape index (κ3) is 2.26. The molecule has 3 rings (SSSR count). The van der Waals surface area contributed by atoms with Crippen molar-refractivity contribution in [2.24, 2.45) is 0 Å². The number of terminal acetylenes is 1. The summed E-state index contributed by atoms with van der Waals surface area (Å²) in [5, 5.41) is -0.522. The number of aromatic nitrogens is 1. The van der Waals surface area contributed by atoms with Gasteiger partial charge in [0.1, 0.15) is 5.56 Å². The van der Waals surface area contributed by atoms with Gasteiger partial charge in [-0.25, -0.2) is 18.0 Å². The number of hydrogen-bond acceptors (Lipinski definition) is 3. The molecule has 7 heteroatoms. The van der Waals surface area contributed by atoms with E-state index >= 15 is 0 Å². The van der Waals surface area contributed by atoms with Crippen LogP contribution in [0.15, 0.2) is 11.0 Å². The van der Waals surface area contributed by atoms with Gasteiger partial charge in [0.15, 0.2) is 17.5 Å².